The summed E-state index contributed by atoms with van der Waals surface area (Å²) in [4.78, 5) is 0. The molecule has 0 radical (unpaired) electrons. The molecule has 0 saturated carbocycles. The molecule has 0 aliphatic rings. The molecule has 15 heavy (non-hydrogen) atoms. The molecule has 11 heteroatoms. The van der Waals surface area contributed by atoms with E-state index in [1.165, 1.54) is 0 Å². The quantitative estimate of drug-likeness (QED) is 0.626. The van der Waals surface area contributed by atoms with Crippen LogP contribution in [0.1, 0.15) is 0 Å². The molecule has 0 unspecified atom stereocenters. The molecule has 0 aliphatic carbocycles. The normalized spacial score (nSPS) is 13.9. The Morgan fingerprint density at radius 3 is 1.53 bits per heavy atom. The van der Waals surface area contributed by atoms with Gasteiger partial charge in [0.1, 0.15) is 0 Å². The van der Waals surface area contributed by atoms with Crippen molar-refractivity contribution < 1.29 is 43.7 Å². The van der Waals surface area contributed by atoms with Gasteiger partial charge in [-0.2, -0.15) is 39.2 Å². The Morgan fingerprint density at radius 2 is 1.33 bits per heavy atom. The highest BCUT2D eigenvalue weighted by molar-refractivity contribution is 7.87. The molecule has 0 saturated heterocycles. The summed E-state index contributed by atoms with van der Waals surface area (Å²) in [6.07, 6.45) is -3.82. The van der Waals surface area contributed by atoms with E-state index in [0.717, 1.165) is 0 Å². The van der Waals surface area contributed by atoms with Crippen LogP contribution in [0.4, 0.5) is 30.7 Å². The van der Waals surface area contributed by atoms with E-state index in [4.69, 9.17) is 4.55 Å². The summed E-state index contributed by atoms with van der Waals surface area (Å²) in [5, 5.41) is -6.38. The van der Waals surface area contributed by atoms with Gasteiger partial charge in [0.2, 0.25) is 5.83 Å². The first-order valence-corrected chi connectivity index (χ1v) is 4.23. The molecule has 0 aromatic rings. The second-order valence-electron chi connectivity index (χ2n) is 2.14. The van der Waals surface area contributed by atoms with Gasteiger partial charge in [0.15, 0.2) is 0 Å². The van der Waals surface area contributed by atoms with Crippen LogP contribution in [0.2, 0.25) is 0 Å². The Balaban J connectivity index is 5.71. The predicted molar refractivity (Wildman–Crippen MR) is 31.8 cm³/mol. The molecule has 0 heterocycles. The minimum absolute atomic E-state index is 3.82. The highest BCUT2D eigenvalue weighted by Crippen LogP contribution is 2.45. The van der Waals surface area contributed by atoms with E-state index in [-0.39, 0.29) is 0 Å². The first-order chi connectivity index (χ1) is 6.35. The van der Waals surface area contributed by atoms with Crippen LogP contribution in [-0.2, 0) is 10.1 Å². The van der Waals surface area contributed by atoms with Crippen molar-refractivity contribution in [3.63, 3.8) is 0 Å². The molecule has 0 rings (SSSR count). The molecule has 0 aliphatic heterocycles. The number of hydrogen-bond donors (Lipinski definition) is 1. The summed E-state index contributed by atoms with van der Waals surface area (Å²) in [7, 11) is -6.73. The van der Waals surface area contributed by atoms with E-state index in [2.05, 4.69) is 0 Å². The van der Waals surface area contributed by atoms with Crippen molar-refractivity contribution in [1.82, 2.24) is 0 Å². The molecule has 0 atom stereocenters. The van der Waals surface area contributed by atoms with Crippen molar-refractivity contribution >= 4 is 10.1 Å². The summed E-state index contributed by atoms with van der Waals surface area (Å²) >= 11 is 0. The van der Waals surface area contributed by atoms with E-state index < -0.39 is 33.2 Å². The summed E-state index contributed by atoms with van der Waals surface area (Å²) in [6, 6.07) is 0. The molecule has 0 spiro atoms. The van der Waals surface area contributed by atoms with Gasteiger partial charge in [-0.15, -0.1) is 0 Å². The third kappa shape index (κ3) is 2.22. The maximum absolute atomic E-state index is 12.1. The molecule has 0 aromatic carbocycles. The number of halogens is 7. The molecular weight excluding hydrogens is 261 g/mol. The SMILES string of the molecule is O=S(=O)(O)C(F)(F)C(F)(F)C(F)=C(F)F. The zero-order valence-electron chi connectivity index (χ0n) is 6.32. The lowest BCUT2D eigenvalue weighted by Gasteiger charge is -2.21. The van der Waals surface area contributed by atoms with Crippen molar-refractivity contribution in [3.8, 4) is 0 Å². The highest BCUT2D eigenvalue weighted by atomic mass is 32.2. The fourth-order valence-electron chi connectivity index (χ4n) is 0.408. The van der Waals surface area contributed by atoms with Crippen molar-refractivity contribution in [3.05, 3.63) is 11.9 Å². The number of allylic oxidation sites excluding steroid dienone is 1. The lowest BCUT2D eigenvalue weighted by Crippen LogP contribution is -2.47. The largest absolute Gasteiger partial charge is 0.438 e. The lowest BCUT2D eigenvalue weighted by molar-refractivity contribution is -0.147. The standard InChI is InChI=1S/C4HF7O3S/c5-1(2(6)7)3(8,9)4(10,11)15(12,13)14/h(H,12,13,14). The molecule has 0 bridgehead atoms. The maximum Gasteiger partial charge on any atom is 0.438 e. The second-order valence-corrected chi connectivity index (χ2v) is 3.60. The van der Waals surface area contributed by atoms with Gasteiger partial charge in [0.05, 0.1) is 0 Å². The molecule has 0 amide bonds. The average Bonchev–Trinajstić information content (AvgIpc) is 2.00. The number of alkyl halides is 4. The first-order valence-electron chi connectivity index (χ1n) is 2.79. The van der Waals surface area contributed by atoms with Crippen LogP contribution in [0.15, 0.2) is 11.9 Å². The predicted octanol–water partition coefficient (Wildman–Crippen LogP) is 2.18. The van der Waals surface area contributed by atoms with E-state index >= 15 is 0 Å². The third-order valence-electron chi connectivity index (χ3n) is 1.13. The van der Waals surface area contributed by atoms with Gasteiger partial charge in [-0.05, 0) is 0 Å². The Bertz CT molecular complexity index is 379. The Hall–Kier alpha value is -0.840. The average molecular weight is 262 g/mol. The fraction of sp³-hybridized carbons (Fsp3) is 0.500. The third-order valence-corrected chi connectivity index (χ3v) is 2.04. The Morgan fingerprint density at radius 1 is 1.00 bits per heavy atom. The smallest absolute Gasteiger partial charge is 0.281 e. The van der Waals surface area contributed by atoms with Gasteiger partial charge in [0, 0.05) is 0 Å². The molecule has 1 N–H and O–H groups in total. The van der Waals surface area contributed by atoms with Gasteiger partial charge in [0.25, 0.3) is 0 Å². The minimum atomic E-state index is -6.73. The van der Waals surface area contributed by atoms with E-state index in [1.807, 2.05) is 0 Å². The molecule has 90 valence electrons. The van der Waals surface area contributed by atoms with Gasteiger partial charge in [-0.25, -0.2) is 0 Å². The summed E-state index contributed by atoms with van der Waals surface area (Å²) in [5.74, 6) is -10.3. The van der Waals surface area contributed by atoms with Crippen molar-refractivity contribution in [2.75, 3.05) is 0 Å². The fourth-order valence-corrected chi connectivity index (χ4v) is 0.822. The molecule has 3 nitrogen and oxygen atoms in total. The summed E-state index contributed by atoms with van der Waals surface area (Å²) in [5.41, 5.74) is 0. The summed E-state index contributed by atoms with van der Waals surface area (Å²) in [6.45, 7) is 0. The number of rotatable bonds is 3. The van der Waals surface area contributed by atoms with Gasteiger partial charge in [-0.3, -0.25) is 4.55 Å². The molecule has 0 aromatic heterocycles. The monoisotopic (exact) mass is 262 g/mol. The van der Waals surface area contributed by atoms with Crippen LogP contribution in [-0.4, -0.2) is 24.1 Å². The highest BCUT2D eigenvalue weighted by Gasteiger charge is 2.69. The van der Waals surface area contributed by atoms with Crippen molar-refractivity contribution in [2.24, 2.45) is 0 Å². The zero-order valence-corrected chi connectivity index (χ0v) is 7.13. The van der Waals surface area contributed by atoms with Gasteiger partial charge in [-0.1, -0.05) is 0 Å². The Kier molecular flexibility index (Phi) is 3.42. The van der Waals surface area contributed by atoms with Crippen LogP contribution >= 0.6 is 0 Å². The molecular formula is C4HF7O3S. The topological polar surface area (TPSA) is 54.4 Å². The van der Waals surface area contributed by atoms with E-state index in [0.29, 0.717) is 0 Å². The maximum atomic E-state index is 12.1. The lowest BCUT2D eigenvalue weighted by atomic mass is 10.3. The minimum Gasteiger partial charge on any atom is -0.281 e. The van der Waals surface area contributed by atoms with E-state index in [1.54, 1.807) is 0 Å². The second kappa shape index (κ2) is 3.63. The van der Waals surface area contributed by atoms with Crippen molar-refractivity contribution in [2.45, 2.75) is 11.2 Å². The first kappa shape index (κ1) is 14.2. The Labute approximate surface area is 77.9 Å². The summed E-state index contributed by atoms with van der Waals surface area (Å²) < 4.78 is 110. The van der Waals surface area contributed by atoms with Gasteiger partial charge < -0.3 is 0 Å². The zero-order chi connectivity index (χ0) is 12.7. The van der Waals surface area contributed by atoms with Crippen LogP contribution in [0.3, 0.4) is 0 Å². The van der Waals surface area contributed by atoms with Crippen LogP contribution in [0, 0.1) is 0 Å². The van der Waals surface area contributed by atoms with Gasteiger partial charge >= 0.3 is 27.4 Å². The van der Waals surface area contributed by atoms with Crippen LogP contribution in [0.5, 0.6) is 0 Å². The van der Waals surface area contributed by atoms with Crippen LogP contribution in [0.25, 0.3) is 0 Å². The number of hydrogen-bond acceptors (Lipinski definition) is 2. The van der Waals surface area contributed by atoms with E-state index in [9.17, 15) is 39.2 Å². The van der Waals surface area contributed by atoms with Crippen molar-refractivity contribution in [1.29, 1.82) is 0 Å². The van der Waals surface area contributed by atoms with Crippen LogP contribution < -0.4 is 0 Å². The molecule has 0 fully saturated rings.